The number of fused-ring (bicyclic) bond motifs is 2. The molecule has 9 nitrogen and oxygen atoms in total. The lowest BCUT2D eigenvalue weighted by molar-refractivity contribution is -0.115. The van der Waals surface area contributed by atoms with Gasteiger partial charge in [0.1, 0.15) is 5.92 Å². The van der Waals surface area contributed by atoms with Crippen LogP contribution in [0.3, 0.4) is 0 Å². The van der Waals surface area contributed by atoms with Crippen molar-refractivity contribution < 1.29 is 14.3 Å². The van der Waals surface area contributed by atoms with Gasteiger partial charge in [-0.2, -0.15) is 10.2 Å². The van der Waals surface area contributed by atoms with E-state index in [1.807, 2.05) is 30.3 Å². The molecule has 0 aliphatic carbocycles. The zero-order chi connectivity index (χ0) is 27.6. The molecule has 0 radical (unpaired) electrons. The Kier molecular flexibility index (Phi) is 7.06. The number of carbonyl (C=O) groups excluding carboxylic acids is 2. The number of ether oxygens (including phenoxy) is 1. The highest BCUT2D eigenvalue weighted by Gasteiger charge is 2.36. The number of likely N-dealkylation sites (N-methyl/N-ethyl adjacent to an activating group) is 1. The lowest BCUT2D eigenvalue weighted by Gasteiger charge is -2.32. The van der Waals surface area contributed by atoms with E-state index in [1.54, 1.807) is 30.6 Å². The molecule has 40 heavy (non-hydrogen) atoms. The third-order valence-corrected chi connectivity index (χ3v) is 7.61. The fourth-order valence-corrected chi connectivity index (χ4v) is 5.31. The molecular formula is C31H30N6O3. The van der Waals surface area contributed by atoms with Crippen molar-refractivity contribution in [1.82, 2.24) is 20.0 Å². The number of anilines is 1. The van der Waals surface area contributed by atoms with Crippen molar-refractivity contribution in [3.8, 4) is 0 Å². The van der Waals surface area contributed by atoms with E-state index >= 15 is 0 Å². The van der Waals surface area contributed by atoms with E-state index < -0.39 is 11.9 Å². The van der Waals surface area contributed by atoms with Crippen molar-refractivity contribution in [3.05, 3.63) is 95.3 Å². The zero-order valence-corrected chi connectivity index (χ0v) is 22.5. The molecule has 202 valence electrons. The summed E-state index contributed by atoms with van der Waals surface area (Å²) in [5.41, 5.74) is 5.14. The van der Waals surface area contributed by atoms with Crippen molar-refractivity contribution in [2.24, 2.45) is 4.99 Å². The minimum atomic E-state index is -0.654. The summed E-state index contributed by atoms with van der Waals surface area (Å²) < 4.78 is 4.86. The minimum absolute atomic E-state index is 0.199. The Hall–Kier alpha value is -4.47. The van der Waals surface area contributed by atoms with Gasteiger partial charge in [0, 0.05) is 49.2 Å². The average Bonchev–Trinajstić information content (AvgIpc) is 3.31. The Morgan fingerprint density at radius 2 is 1.68 bits per heavy atom. The molecule has 1 amide bonds. The van der Waals surface area contributed by atoms with Gasteiger partial charge in [0.05, 0.1) is 36.5 Å². The zero-order valence-electron chi connectivity index (χ0n) is 22.5. The number of piperazine rings is 1. The van der Waals surface area contributed by atoms with Gasteiger partial charge in [0.15, 0.2) is 0 Å². The number of nitrogens with one attached hydrogen (secondary N) is 1. The molecule has 1 fully saturated rings. The third kappa shape index (κ3) is 5.21. The first-order chi connectivity index (χ1) is 19.5. The van der Waals surface area contributed by atoms with E-state index in [1.165, 1.54) is 12.7 Å². The van der Waals surface area contributed by atoms with Crippen LogP contribution in [0.5, 0.6) is 0 Å². The second-order valence-corrected chi connectivity index (χ2v) is 10.3. The molecule has 1 N–H and O–H groups in total. The van der Waals surface area contributed by atoms with Gasteiger partial charge in [-0.25, -0.2) is 4.79 Å². The standard InChI is InChI=1S/C31H30N6O3/c1-36-11-13-37(14-12-36)19-20-3-8-25(9-4-20)34-29(21-5-6-23-17-32-33-18-24(23)15-21)28-26-10-7-22(31(39)40-2)16-27(26)35-30(28)38/h3-10,15-18,28H,11-14,19H2,1-2H3,(H,35,38). The van der Waals surface area contributed by atoms with Crippen LogP contribution < -0.4 is 5.32 Å². The van der Waals surface area contributed by atoms with Crippen molar-refractivity contribution in [1.29, 1.82) is 0 Å². The smallest absolute Gasteiger partial charge is 0.337 e. The number of esters is 1. The second-order valence-electron chi connectivity index (χ2n) is 10.3. The molecule has 3 heterocycles. The fourth-order valence-electron chi connectivity index (χ4n) is 5.31. The predicted octanol–water partition coefficient (Wildman–Crippen LogP) is 4.02. The Bertz CT molecular complexity index is 1610. The molecule has 1 atom stereocenters. The highest BCUT2D eigenvalue weighted by atomic mass is 16.5. The number of methoxy groups -OCH3 is 1. The average molecular weight is 535 g/mol. The molecule has 1 saturated heterocycles. The third-order valence-electron chi connectivity index (χ3n) is 7.61. The Morgan fingerprint density at radius 3 is 2.42 bits per heavy atom. The quantitative estimate of drug-likeness (QED) is 0.295. The second kappa shape index (κ2) is 11.0. The van der Waals surface area contributed by atoms with Gasteiger partial charge in [0.2, 0.25) is 5.91 Å². The van der Waals surface area contributed by atoms with Crippen molar-refractivity contribution in [2.75, 3.05) is 45.7 Å². The molecular weight excluding hydrogens is 504 g/mol. The van der Waals surface area contributed by atoms with Crippen LogP contribution >= 0.6 is 0 Å². The summed E-state index contributed by atoms with van der Waals surface area (Å²) >= 11 is 0. The fraction of sp³-hybridized carbons (Fsp3) is 0.258. The first-order valence-electron chi connectivity index (χ1n) is 13.3. The number of amides is 1. The number of aliphatic imine (C=N–C) groups is 1. The Labute approximate surface area is 232 Å². The molecule has 4 aromatic rings. The van der Waals surface area contributed by atoms with Gasteiger partial charge in [-0.3, -0.25) is 14.7 Å². The van der Waals surface area contributed by atoms with Crippen molar-refractivity contribution >= 4 is 39.7 Å². The van der Waals surface area contributed by atoms with E-state index in [0.717, 1.165) is 60.3 Å². The first-order valence-corrected chi connectivity index (χ1v) is 13.3. The molecule has 1 aromatic heterocycles. The monoisotopic (exact) mass is 534 g/mol. The van der Waals surface area contributed by atoms with Gasteiger partial charge >= 0.3 is 5.97 Å². The number of aromatic nitrogens is 2. The van der Waals surface area contributed by atoms with E-state index in [9.17, 15) is 9.59 Å². The molecule has 0 saturated carbocycles. The topological polar surface area (TPSA) is 100 Å². The maximum atomic E-state index is 13.4. The lowest BCUT2D eigenvalue weighted by atomic mass is 9.89. The molecule has 9 heteroatoms. The molecule has 2 aliphatic rings. The normalized spacial score (nSPS) is 18.0. The Balaban J connectivity index is 1.37. The highest BCUT2D eigenvalue weighted by Crippen LogP contribution is 2.37. The summed E-state index contributed by atoms with van der Waals surface area (Å²) in [6, 6.07) is 19.3. The lowest BCUT2D eigenvalue weighted by Crippen LogP contribution is -2.43. The number of rotatable bonds is 6. The van der Waals surface area contributed by atoms with Gasteiger partial charge in [-0.1, -0.05) is 30.3 Å². The van der Waals surface area contributed by atoms with Crippen LogP contribution in [0.1, 0.15) is 33.0 Å². The molecule has 0 bridgehead atoms. The van der Waals surface area contributed by atoms with E-state index in [0.29, 0.717) is 17.0 Å². The molecule has 2 aliphatic heterocycles. The number of carbonyl (C=O) groups is 2. The van der Waals surface area contributed by atoms with Gasteiger partial charge in [-0.15, -0.1) is 0 Å². The summed E-state index contributed by atoms with van der Waals surface area (Å²) in [6.07, 6.45) is 3.41. The van der Waals surface area contributed by atoms with Crippen LogP contribution in [0.4, 0.5) is 11.4 Å². The summed E-state index contributed by atoms with van der Waals surface area (Å²) in [5, 5.41) is 12.8. The molecule has 0 spiro atoms. The van der Waals surface area contributed by atoms with Gasteiger partial charge in [0.25, 0.3) is 0 Å². The van der Waals surface area contributed by atoms with Crippen LogP contribution in [-0.2, 0) is 16.1 Å². The SMILES string of the molecule is COC(=O)c1ccc2c(c1)NC(=O)C2C(=Nc1ccc(CN2CCN(C)CC2)cc1)c1ccc2cnncc2c1. The molecule has 6 rings (SSSR count). The van der Waals surface area contributed by atoms with Gasteiger partial charge < -0.3 is 15.0 Å². The highest BCUT2D eigenvalue weighted by molar-refractivity contribution is 6.24. The largest absolute Gasteiger partial charge is 0.465 e. The van der Waals surface area contributed by atoms with Crippen molar-refractivity contribution in [2.45, 2.75) is 12.5 Å². The van der Waals surface area contributed by atoms with Crippen molar-refractivity contribution in [3.63, 3.8) is 0 Å². The summed E-state index contributed by atoms with van der Waals surface area (Å²) in [7, 11) is 3.49. The van der Waals surface area contributed by atoms with Crippen LogP contribution in [-0.4, -0.2) is 77.9 Å². The summed E-state index contributed by atoms with van der Waals surface area (Å²) in [4.78, 5) is 35.4. The van der Waals surface area contributed by atoms with E-state index in [-0.39, 0.29) is 5.91 Å². The number of benzene rings is 3. The minimum Gasteiger partial charge on any atom is -0.465 e. The predicted molar refractivity (Wildman–Crippen MR) is 154 cm³/mol. The molecule has 1 unspecified atom stereocenters. The van der Waals surface area contributed by atoms with E-state index in [2.05, 4.69) is 44.5 Å². The first kappa shape index (κ1) is 25.8. The van der Waals surface area contributed by atoms with Crippen LogP contribution in [0.15, 0.2) is 78.0 Å². The number of hydrogen-bond donors (Lipinski definition) is 1. The maximum Gasteiger partial charge on any atom is 0.337 e. The summed E-state index contributed by atoms with van der Waals surface area (Å²) in [6.45, 7) is 5.17. The maximum absolute atomic E-state index is 13.4. The van der Waals surface area contributed by atoms with Crippen LogP contribution in [0.2, 0.25) is 0 Å². The molecule has 3 aromatic carbocycles. The Morgan fingerprint density at radius 1 is 0.950 bits per heavy atom. The van der Waals surface area contributed by atoms with Crippen LogP contribution in [0.25, 0.3) is 10.8 Å². The van der Waals surface area contributed by atoms with Gasteiger partial charge in [-0.05, 0) is 54.1 Å². The number of hydrogen-bond acceptors (Lipinski definition) is 8. The van der Waals surface area contributed by atoms with Crippen LogP contribution in [0, 0.1) is 0 Å². The number of nitrogens with zero attached hydrogens (tertiary/aromatic N) is 5. The summed E-state index contributed by atoms with van der Waals surface area (Å²) in [5.74, 6) is -1.31. The van der Waals surface area contributed by atoms with E-state index in [4.69, 9.17) is 9.73 Å².